The average Bonchev–Trinajstić information content (AvgIpc) is 3.20. The summed E-state index contributed by atoms with van der Waals surface area (Å²) in [6.45, 7) is 7.18. The highest BCUT2D eigenvalue weighted by Gasteiger charge is 2.38. The number of aromatic nitrogens is 5. The summed E-state index contributed by atoms with van der Waals surface area (Å²) in [5.41, 5.74) is 9.59. The molecule has 178 valence electrons. The number of carbonyl (C=O) groups excluding carboxylic acids is 1. The Morgan fingerprint density at radius 1 is 1.09 bits per heavy atom. The van der Waals surface area contributed by atoms with E-state index in [4.69, 9.17) is 15.6 Å². The van der Waals surface area contributed by atoms with Crippen LogP contribution in [0.25, 0.3) is 22.5 Å². The van der Waals surface area contributed by atoms with Gasteiger partial charge in [-0.3, -0.25) is 0 Å². The van der Waals surface area contributed by atoms with Crippen molar-refractivity contribution < 1.29 is 9.53 Å². The second-order valence-corrected chi connectivity index (χ2v) is 10.3. The van der Waals surface area contributed by atoms with Crippen LogP contribution in [0.5, 0.6) is 0 Å². The molecule has 1 spiro atoms. The topological polar surface area (TPSA) is 112 Å². The normalized spacial score (nSPS) is 18.2. The maximum atomic E-state index is 12.5. The number of likely N-dealkylation sites (tertiary alicyclic amines) is 1. The number of fused-ring (bicyclic) bond motifs is 1. The van der Waals surface area contributed by atoms with Crippen LogP contribution in [0, 0.1) is 5.41 Å². The van der Waals surface area contributed by atoms with Crippen molar-refractivity contribution in [2.45, 2.75) is 58.5 Å². The van der Waals surface area contributed by atoms with Gasteiger partial charge in [-0.05, 0) is 69.9 Å². The Bertz CT molecular complexity index is 1240. The van der Waals surface area contributed by atoms with Crippen LogP contribution in [0.2, 0.25) is 0 Å². The van der Waals surface area contributed by atoms with E-state index in [9.17, 15) is 4.79 Å². The number of nitrogens with zero attached hydrogens (tertiary/aromatic N) is 6. The van der Waals surface area contributed by atoms with Crippen LogP contribution >= 0.6 is 0 Å². The Morgan fingerprint density at radius 3 is 2.47 bits per heavy atom. The number of nitrogens with two attached hydrogens (primary N) is 1. The monoisotopic (exact) mass is 461 g/mol. The predicted octanol–water partition coefficient (Wildman–Crippen LogP) is 4.35. The molecule has 0 saturated carbocycles. The molecule has 1 saturated heterocycles. The summed E-state index contributed by atoms with van der Waals surface area (Å²) < 4.78 is 7.33. The van der Waals surface area contributed by atoms with Crippen molar-refractivity contribution in [3.8, 4) is 11.4 Å². The molecular weight excluding hydrogens is 430 g/mol. The molecule has 0 bridgehead atoms. The summed E-state index contributed by atoms with van der Waals surface area (Å²) in [4.78, 5) is 27.5. The molecule has 34 heavy (non-hydrogen) atoms. The van der Waals surface area contributed by atoms with E-state index in [1.54, 1.807) is 35.4 Å². The minimum Gasteiger partial charge on any atom is -0.444 e. The van der Waals surface area contributed by atoms with Gasteiger partial charge in [0.15, 0.2) is 5.82 Å². The summed E-state index contributed by atoms with van der Waals surface area (Å²) in [5.74, 6) is 1.00. The van der Waals surface area contributed by atoms with Gasteiger partial charge in [0.05, 0.1) is 5.56 Å². The van der Waals surface area contributed by atoms with E-state index in [1.165, 1.54) is 5.57 Å². The molecule has 3 aromatic rings. The zero-order chi connectivity index (χ0) is 23.9. The lowest BCUT2D eigenvalue weighted by Gasteiger charge is -2.43. The maximum Gasteiger partial charge on any atom is 0.410 e. The number of nitrogen functional groups attached to an aromatic ring is 1. The van der Waals surface area contributed by atoms with Gasteiger partial charge >= 0.3 is 6.09 Å². The largest absolute Gasteiger partial charge is 0.444 e. The highest BCUT2D eigenvalue weighted by molar-refractivity contribution is 5.92. The molecule has 5 rings (SSSR count). The van der Waals surface area contributed by atoms with Gasteiger partial charge < -0.3 is 15.4 Å². The van der Waals surface area contributed by atoms with Gasteiger partial charge in [-0.1, -0.05) is 6.08 Å². The third kappa shape index (κ3) is 4.22. The van der Waals surface area contributed by atoms with Gasteiger partial charge in [0.1, 0.15) is 22.6 Å². The van der Waals surface area contributed by atoms with E-state index in [2.05, 4.69) is 21.0 Å². The van der Waals surface area contributed by atoms with Crippen LogP contribution in [0.4, 0.5) is 10.6 Å². The first-order valence-corrected chi connectivity index (χ1v) is 11.8. The fourth-order valence-corrected chi connectivity index (χ4v) is 4.99. The molecule has 1 aliphatic carbocycles. The number of carbonyl (C=O) groups is 1. The van der Waals surface area contributed by atoms with Crippen molar-refractivity contribution in [2.75, 3.05) is 18.8 Å². The molecule has 9 heteroatoms. The van der Waals surface area contributed by atoms with Crippen molar-refractivity contribution in [3.05, 3.63) is 42.6 Å². The number of rotatable bonds is 2. The number of hydrogen-bond acceptors (Lipinski definition) is 7. The van der Waals surface area contributed by atoms with E-state index >= 15 is 0 Å². The van der Waals surface area contributed by atoms with Gasteiger partial charge in [-0.2, -0.15) is 5.10 Å². The van der Waals surface area contributed by atoms with E-state index in [1.807, 2.05) is 25.7 Å². The number of anilines is 1. The second-order valence-electron chi connectivity index (χ2n) is 10.3. The fourth-order valence-electron chi connectivity index (χ4n) is 4.99. The smallest absolute Gasteiger partial charge is 0.410 e. The summed E-state index contributed by atoms with van der Waals surface area (Å²) in [7, 11) is 0. The SMILES string of the molecule is CC(C)(C)OC(=O)N1CCC2(CC=C(c3nn4ccnc(N)c4c3-c3ncccn3)CC2)CC1. The molecule has 0 aromatic carbocycles. The van der Waals surface area contributed by atoms with Crippen LogP contribution in [0.15, 0.2) is 36.9 Å². The fraction of sp³-hybridized carbons (Fsp3) is 0.480. The van der Waals surface area contributed by atoms with Gasteiger partial charge in [0.25, 0.3) is 0 Å². The molecule has 0 radical (unpaired) electrons. The number of ether oxygens (including phenoxy) is 1. The third-order valence-corrected chi connectivity index (χ3v) is 6.85. The molecule has 1 aliphatic heterocycles. The van der Waals surface area contributed by atoms with Crippen LogP contribution in [0.3, 0.4) is 0 Å². The molecular formula is C25H31N7O2. The molecule has 3 aromatic heterocycles. The molecule has 0 unspecified atom stereocenters. The predicted molar refractivity (Wildman–Crippen MR) is 130 cm³/mol. The van der Waals surface area contributed by atoms with E-state index in [-0.39, 0.29) is 11.5 Å². The highest BCUT2D eigenvalue weighted by atomic mass is 16.6. The van der Waals surface area contributed by atoms with E-state index < -0.39 is 5.60 Å². The first-order valence-electron chi connectivity index (χ1n) is 11.8. The third-order valence-electron chi connectivity index (χ3n) is 6.85. The van der Waals surface area contributed by atoms with Crippen molar-refractivity contribution in [1.29, 1.82) is 0 Å². The molecule has 0 atom stereocenters. The lowest BCUT2D eigenvalue weighted by molar-refractivity contribution is 0.00896. The number of hydrogen-bond donors (Lipinski definition) is 1. The van der Waals surface area contributed by atoms with E-state index in [0.717, 1.165) is 62.0 Å². The molecule has 1 fully saturated rings. The Balaban J connectivity index is 1.39. The Morgan fingerprint density at radius 2 is 1.82 bits per heavy atom. The standard InChI is InChI=1S/C25H31N7O2/c1-24(2,3)34-23(33)31-14-9-25(10-15-31)7-5-17(6-8-25)19-18(22-28-11-4-12-29-22)20-21(26)27-13-16-32(20)30-19/h4-5,11-13,16H,6-10,14-15H2,1-3H3,(H2,26,27). The minimum absolute atomic E-state index is 0.210. The van der Waals surface area contributed by atoms with Crippen LogP contribution in [0.1, 0.15) is 58.6 Å². The summed E-state index contributed by atoms with van der Waals surface area (Å²) >= 11 is 0. The number of amides is 1. The van der Waals surface area contributed by atoms with Gasteiger partial charge in [-0.15, -0.1) is 0 Å². The quantitative estimate of drug-likeness (QED) is 0.604. The number of allylic oxidation sites excluding steroid dienone is 2. The molecule has 4 heterocycles. The van der Waals surface area contributed by atoms with Gasteiger partial charge in [-0.25, -0.2) is 24.3 Å². The maximum absolute atomic E-state index is 12.5. The lowest BCUT2D eigenvalue weighted by atomic mass is 9.68. The average molecular weight is 462 g/mol. The lowest BCUT2D eigenvalue weighted by Crippen LogP contribution is -2.45. The van der Waals surface area contributed by atoms with Crippen molar-refractivity contribution in [2.24, 2.45) is 5.41 Å². The van der Waals surface area contributed by atoms with Crippen molar-refractivity contribution in [3.63, 3.8) is 0 Å². The van der Waals surface area contributed by atoms with Crippen LogP contribution in [-0.4, -0.2) is 54.2 Å². The summed E-state index contributed by atoms with van der Waals surface area (Å²) in [5, 5.41) is 4.86. The van der Waals surface area contributed by atoms with Crippen molar-refractivity contribution in [1.82, 2.24) is 29.5 Å². The molecule has 2 aliphatic rings. The molecule has 1 amide bonds. The van der Waals surface area contributed by atoms with Gasteiger partial charge in [0, 0.05) is 37.9 Å². The molecule has 9 nitrogen and oxygen atoms in total. The first kappa shape index (κ1) is 22.3. The van der Waals surface area contributed by atoms with Crippen LogP contribution < -0.4 is 5.73 Å². The zero-order valence-electron chi connectivity index (χ0n) is 20.0. The second kappa shape index (κ2) is 8.38. The molecule has 2 N–H and O–H groups in total. The van der Waals surface area contributed by atoms with Gasteiger partial charge in [0.2, 0.25) is 0 Å². The highest BCUT2D eigenvalue weighted by Crippen LogP contribution is 2.47. The Hall–Kier alpha value is -3.49. The Kier molecular flexibility index (Phi) is 5.50. The van der Waals surface area contributed by atoms with Crippen LogP contribution in [-0.2, 0) is 4.74 Å². The van der Waals surface area contributed by atoms with Crippen molar-refractivity contribution >= 4 is 23.0 Å². The van der Waals surface area contributed by atoms with E-state index in [0.29, 0.717) is 11.6 Å². The first-order chi connectivity index (χ1) is 16.2. The number of piperidine rings is 1. The summed E-state index contributed by atoms with van der Waals surface area (Å²) in [6.07, 6.45) is 13.9. The minimum atomic E-state index is -0.470. The summed E-state index contributed by atoms with van der Waals surface area (Å²) in [6, 6.07) is 1.80. The zero-order valence-corrected chi connectivity index (χ0v) is 20.0. The Labute approximate surface area is 199 Å².